The molecule has 0 unspecified atom stereocenters. The lowest BCUT2D eigenvalue weighted by Gasteiger charge is -2.20. The lowest BCUT2D eigenvalue weighted by molar-refractivity contribution is -0.289. The third kappa shape index (κ3) is 4.07. The minimum Gasteiger partial charge on any atom is -0.191 e. The Bertz CT molecular complexity index is 898. The SMILES string of the molecule is Cc1ccc([S+](c2ccc(C)cc2)c2cccc(C(F)(F)C(F)(F)F)c2)cc1. The summed E-state index contributed by atoms with van der Waals surface area (Å²) in [6, 6.07) is 19.8. The highest BCUT2D eigenvalue weighted by Gasteiger charge is 2.59. The molecule has 3 aromatic rings. The zero-order valence-electron chi connectivity index (χ0n) is 15.2. The van der Waals surface area contributed by atoms with Crippen LogP contribution in [0.15, 0.2) is 87.5 Å². The predicted octanol–water partition coefficient (Wildman–Crippen LogP) is 7.05. The summed E-state index contributed by atoms with van der Waals surface area (Å²) in [6.07, 6.45) is -5.64. The Morgan fingerprint density at radius 1 is 0.607 bits per heavy atom. The molecule has 0 aliphatic heterocycles. The topological polar surface area (TPSA) is 0 Å². The molecule has 0 N–H and O–H groups in total. The van der Waals surface area contributed by atoms with E-state index in [2.05, 4.69) is 0 Å². The Labute approximate surface area is 163 Å². The van der Waals surface area contributed by atoms with Crippen molar-refractivity contribution in [1.82, 2.24) is 0 Å². The standard InChI is InChI=1S/C22H18F5S/c1-15-6-10-18(11-7-15)28(19-12-8-16(2)9-13-19)20-5-3-4-17(14-20)21(23,24)22(25,26)27/h3-14H,1-2H3/q+1. The van der Waals surface area contributed by atoms with Gasteiger partial charge in [-0.25, -0.2) is 0 Å². The van der Waals surface area contributed by atoms with Crippen molar-refractivity contribution in [3.8, 4) is 0 Å². The van der Waals surface area contributed by atoms with E-state index in [-0.39, 0.29) is 0 Å². The fraction of sp³-hybridized carbons (Fsp3) is 0.182. The molecule has 0 saturated carbocycles. The largest absolute Gasteiger partial charge is 0.458 e. The summed E-state index contributed by atoms with van der Waals surface area (Å²) in [7, 11) is -0.804. The fourth-order valence-electron chi connectivity index (χ4n) is 2.74. The second-order valence-electron chi connectivity index (χ2n) is 6.53. The van der Waals surface area contributed by atoms with Gasteiger partial charge in [0.15, 0.2) is 14.7 Å². The molecule has 0 saturated heterocycles. The third-order valence-corrected chi connectivity index (χ3v) is 6.51. The smallest absolute Gasteiger partial charge is 0.191 e. The van der Waals surface area contributed by atoms with Crippen LogP contribution >= 0.6 is 0 Å². The Kier molecular flexibility index (Phi) is 5.53. The third-order valence-electron chi connectivity index (χ3n) is 4.30. The average Bonchev–Trinajstić information content (AvgIpc) is 2.64. The van der Waals surface area contributed by atoms with E-state index in [1.54, 1.807) is 6.07 Å². The van der Waals surface area contributed by atoms with E-state index in [9.17, 15) is 22.0 Å². The number of rotatable bonds is 4. The van der Waals surface area contributed by atoms with Gasteiger partial charge < -0.3 is 0 Å². The van der Waals surface area contributed by atoms with Crippen molar-refractivity contribution < 1.29 is 22.0 Å². The Morgan fingerprint density at radius 3 is 1.50 bits per heavy atom. The van der Waals surface area contributed by atoms with Crippen LogP contribution in [-0.2, 0) is 16.8 Å². The normalized spacial score (nSPS) is 12.4. The lowest BCUT2D eigenvalue weighted by atomic mass is 10.1. The van der Waals surface area contributed by atoms with Crippen molar-refractivity contribution in [2.24, 2.45) is 0 Å². The van der Waals surface area contributed by atoms with Gasteiger partial charge in [0.25, 0.3) is 0 Å². The molecule has 0 aliphatic rings. The zero-order chi connectivity index (χ0) is 20.5. The van der Waals surface area contributed by atoms with Gasteiger partial charge in [-0.1, -0.05) is 47.5 Å². The minimum absolute atomic E-state index is 0.411. The summed E-state index contributed by atoms with van der Waals surface area (Å²) < 4.78 is 66.3. The number of alkyl halides is 5. The van der Waals surface area contributed by atoms with Crippen molar-refractivity contribution in [3.63, 3.8) is 0 Å². The van der Waals surface area contributed by atoms with Gasteiger partial charge in [0, 0.05) is 11.6 Å². The number of benzene rings is 3. The molecule has 0 fully saturated rings. The van der Waals surface area contributed by atoms with E-state index in [1.807, 2.05) is 62.4 Å². The van der Waals surface area contributed by atoms with Crippen LogP contribution < -0.4 is 0 Å². The van der Waals surface area contributed by atoms with E-state index in [4.69, 9.17) is 0 Å². The second kappa shape index (κ2) is 7.59. The van der Waals surface area contributed by atoms with Crippen LogP contribution in [-0.4, -0.2) is 6.18 Å². The molecule has 0 aromatic heterocycles. The average molecular weight is 409 g/mol. The summed E-state index contributed by atoms with van der Waals surface area (Å²) >= 11 is 0. The summed E-state index contributed by atoms with van der Waals surface area (Å²) in [6.45, 7) is 3.86. The first-order chi connectivity index (χ1) is 13.1. The highest BCUT2D eigenvalue weighted by molar-refractivity contribution is 7.97. The second-order valence-corrected chi connectivity index (χ2v) is 8.56. The Morgan fingerprint density at radius 2 is 1.07 bits per heavy atom. The van der Waals surface area contributed by atoms with Gasteiger partial charge in [-0.05, 0) is 44.2 Å². The van der Waals surface area contributed by atoms with Crippen LogP contribution in [0.1, 0.15) is 16.7 Å². The minimum atomic E-state index is -5.64. The van der Waals surface area contributed by atoms with Crippen LogP contribution in [0.25, 0.3) is 0 Å². The van der Waals surface area contributed by atoms with E-state index in [0.29, 0.717) is 4.90 Å². The molecule has 0 amide bonds. The van der Waals surface area contributed by atoms with Crippen LogP contribution in [0, 0.1) is 13.8 Å². The number of hydrogen-bond acceptors (Lipinski definition) is 0. The first-order valence-electron chi connectivity index (χ1n) is 8.52. The molecular weight excluding hydrogens is 391 g/mol. The number of aryl methyl sites for hydroxylation is 2. The van der Waals surface area contributed by atoms with Gasteiger partial charge in [0.05, 0.1) is 10.9 Å². The molecule has 3 rings (SSSR count). The molecule has 0 radical (unpaired) electrons. The van der Waals surface area contributed by atoms with Crippen LogP contribution in [0.2, 0.25) is 0 Å². The summed E-state index contributed by atoms with van der Waals surface area (Å²) in [5.41, 5.74) is 1.02. The van der Waals surface area contributed by atoms with Crippen LogP contribution in [0.4, 0.5) is 22.0 Å². The van der Waals surface area contributed by atoms with Crippen LogP contribution in [0.5, 0.6) is 0 Å². The molecule has 0 bridgehead atoms. The Hall–Kier alpha value is -2.34. The lowest BCUT2D eigenvalue weighted by Crippen LogP contribution is -2.33. The molecule has 0 nitrogen and oxygen atoms in total. The maximum absolute atomic E-state index is 13.9. The molecule has 0 spiro atoms. The first kappa shape index (κ1) is 20.4. The monoisotopic (exact) mass is 409 g/mol. The molecule has 0 heterocycles. The Balaban J connectivity index is 2.15. The van der Waals surface area contributed by atoms with E-state index in [1.165, 1.54) is 6.07 Å². The summed E-state index contributed by atoms with van der Waals surface area (Å²) in [5, 5.41) is 0. The molecule has 146 valence electrons. The molecular formula is C22H18F5S+. The van der Waals surface area contributed by atoms with E-state index >= 15 is 0 Å². The van der Waals surface area contributed by atoms with Gasteiger partial charge in [0.1, 0.15) is 0 Å². The van der Waals surface area contributed by atoms with Gasteiger partial charge in [-0.2, -0.15) is 22.0 Å². The predicted molar refractivity (Wildman–Crippen MR) is 101 cm³/mol. The highest BCUT2D eigenvalue weighted by atomic mass is 32.2. The summed E-state index contributed by atoms with van der Waals surface area (Å²) in [4.78, 5) is 2.11. The van der Waals surface area contributed by atoms with Crippen LogP contribution in [0.3, 0.4) is 0 Å². The molecule has 6 heteroatoms. The highest BCUT2D eigenvalue weighted by Crippen LogP contribution is 2.45. The number of halogens is 5. The van der Waals surface area contributed by atoms with E-state index < -0.39 is 28.6 Å². The van der Waals surface area contributed by atoms with Gasteiger partial charge >= 0.3 is 12.1 Å². The quantitative estimate of drug-likeness (QED) is 0.320. The maximum Gasteiger partial charge on any atom is 0.458 e. The van der Waals surface area contributed by atoms with Crippen molar-refractivity contribution in [3.05, 3.63) is 89.5 Å². The molecule has 0 aliphatic carbocycles. The van der Waals surface area contributed by atoms with Crippen molar-refractivity contribution in [2.75, 3.05) is 0 Å². The van der Waals surface area contributed by atoms with Gasteiger partial charge in [-0.3, -0.25) is 0 Å². The molecule has 0 atom stereocenters. The van der Waals surface area contributed by atoms with Gasteiger partial charge in [-0.15, -0.1) is 0 Å². The maximum atomic E-state index is 13.9. The van der Waals surface area contributed by atoms with Gasteiger partial charge in [0.2, 0.25) is 0 Å². The van der Waals surface area contributed by atoms with Crippen molar-refractivity contribution in [2.45, 2.75) is 40.6 Å². The first-order valence-corrected chi connectivity index (χ1v) is 9.75. The molecule has 28 heavy (non-hydrogen) atoms. The van der Waals surface area contributed by atoms with Crippen molar-refractivity contribution in [1.29, 1.82) is 0 Å². The molecule has 3 aromatic carbocycles. The summed E-state index contributed by atoms with van der Waals surface area (Å²) in [5.74, 6) is -4.90. The van der Waals surface area contributed by atoms with Crippen molar-refractivity contribution >= 4 is 10.9 Å². The zero-order valence-corrected chi connectivity index (χ0v) is 16.0. The fourth-order valence-corrected chi connectivity index (χ4v) is 4.83. The number of hydrogen-bond donors (Lipinski definition) is 0. The van der Waals surface area contributed by atoms with E-state index in [0.717, 1.165) is 33.1 Å².